The minimum atomic E-state index is -5.24. The highest BCUT2D eigenvalue weighted by atomic mass is 19.4. The van der Waals surface area contributed by atoms with Crippen LogP contribution in [0, 0.1) is 41.2 Å². The van der Waals surface area contributed by atoms with Crippen molar-refractivity contribution in [3.05, 3.63) is 101 Å². The Morgan fingerprint density at radius 1 is 0.840 bits per heavy atom. The van der Waals surface area contributed by atoms with Crippen molar-refractivity contribution in [1.82, 2.24) is 40.5 Å². The third kappa shape index (κ3) is 14.2. The number of alkyl carbamates (subject to hydrolysis) is 1. The first kappa shape index (κ1) is 61.6. The lowest BCUT2D eigenvalue weighted by Crippen LogP contribution is -2.62. The highest BCUT2D eigenvalue weighted by molar-refractivity contribution is 5.90. The molecule has 3 aliphatic heterocycles. The number of rotatable bonds is 20. The highest BCUT2D eigenvalue weighted by Crippen LogP contribution is 2.42. The smallest absolute Gasteiger partial charge is 0.407 e. The number of anilines is 1. The second-order valence-corrected chi connectivity index (χ2v) is 21.5. The quantitative estimate of drug-likeness (QED) is 0.0434. The fraction of sp³-hybridized carbons (Fsp3) is 0.519. The molecule has 7 rings (SSSR count). The summed E-state index contributed by atoms with van der Waals surface area (Å²) in [6.07, 6.45) is -12.7. The van der Waals surface area contributed by atoms with Gasteiger partial charge in [0.15, 0.2) is 5.78 Å². The van der Waals surface area contributed by atoms with Crippen LogP contribution in [-0.2, 0) is 32.0 Å². The van der Waals surface area contributed by atoms with Gasteiger partial charge in [-0.15, -0.1) is 0 Å². The summed E-state index contributed by atoms with van der Waals surface area (Å²) in [5.74, 6) is 1.13. The van der Waals surface area contributed by atoms with Gasteiger partial charge < -0.3 is 40.5 Å². The molecule has 17 nitrogen and oxygen atoms in total. The number of alkyl halides is 8. The SMILES string of the molecule is COC(=O)NC(C(=O)NC(Cc1ccc(C#Cc2ccc(N3CC4CCC(C3)N4C3COC3)nc2C)cc1)C(O)CN(CC(=O)C(NC(=O)O)C(C)(C)C(F)(F)F)Cc1c(F)cc(-c2cnn(C(F)F)c2)cc1F)C(C)(C)C(F)(F)F. The van der Waals surface area contributed by atoms with Gasteiger partial charge in [0.1, 0.15) is 29.5 Å². The monoisotopic (exact) mass is 1150 g/mol. The molecule has 3 saturated heterocycles. The molecule has 2 aromatic carbocycles. The highest BCUT2D eigenvalue weighted by Gasteiger charge is 2.57. The summed E-state index contributed by atoms with van der Waals surface area (Å²) in [5, 5.41) is 30.7. The van der Waals surface area contributed by atoms with Gasteiger partial charge in [0, 0.05) is 66.7 Å². The van der Waals surface area contributed by atoms with Crippen molar-refractivity contribution in [3.63, 3.8) is 0 Å². The lowest BCUT2D eigenvalue weighted by Gasteiger charge is -2.48. The number of carbonyl (C=O) groups excluding carboxylic acids is 3. The first-order valence-electron chi connectivity index (χ1n) is 25.6. The number of hydrogen-bond donors (Lipinski definition) is 5. The zero-order chi connectivity index (χ0) is 59.5. The molecule has 3 fully saturated rings. The molecule has 4 aromatic rings. The predicted octanol–water partition coefficient (Wildman–Crippen LogP) is 7.38. The predicted molar refractivity (Wildman–Crippen MR) is 272 cm³/mol. The number of aliphatic hydroxyl groups is 1. The molecular weight excluding hydrogens is 1090 g/mol. The van der Waals surface area contributed by atoms with Crippen LogP contribution in [-0.4, -0.2) is 160 Å². The van der Waals surface area contributed by atoms with E-state index in [-0.39, 0.29) is 21.4 Å². The number of aromatic nitrogens is 3. The number of nitrogens with one attached hydrogen (secondary N) is 3. The number of halogens is 10. The molecule has 2 aromatic heterocycles. The Labute approximate surface area is 459 Å². The van der Waals surface area contributed by atoms with Crippen LogP contribution < -0.4 is 20.9 Å². The van der Waals surface area contributed by atoms with Gasteiger partial charge in [-0.1, -0.05) is 24.0 Å². The van der Waals surface area contributed by atoms with Crippen LogP contribution in [0.5, 0.6) is 0 Å². The average molecular weight is 1150 g/mol. The molecule has 0 aliphatic carbocycles. The summed E-state index contributed by atoms with van der Waals surface area (Å²) in [7, 11) is 0.820. The number of Topliss-reactive ketones (excluding diaryl/α,β-unsaturated/α-hetero) is 1. The third-order valence-electron chi connectivity index (χ3n) is 15.2. The summed E-state index contributed by atoms with van der Waals surface area (Å²) in [4.78, 5) is 62.7. The topological polar surface area (TPSA) is 204 Å². The normalized spacial score (nSPS) is 18.6. The van der Waals surface area contributed by atoms with E-state index in [4.69, 9.17) is 9.72 Å². The molecule has 3 amide bonds. The Morgan fingerprint density at radius 3 is 1.96 bits per heavy atom. The standard InChI is InChI=1S/C54H61F10N9O8/c1-29-32(13-16-44(66-29)71-22-35-14-15-36(23-71)73(35)37-27-81-28-37)12-11-30-7-9-31(10-8-30)17-41(67-47(76)46(69-50(79)80-6)52(4,5)54(62,63)64)42(74)25-70(26-43(75)45(68-49(77)78)51(2,3)53(59,60)61)24-38-39(55)18-33(19-40(38)56)34-20-65-72(21-34)48(57)58/h7-10,13,16,18-21,35-37,41-42,45-46,48,68,74H,14-15,17,22-28H2,1-6H3,(H,67,76)(H,69,79)(H,77,78). The first-order valence-corrected chi connectivity index (χ1v) is 25.6. The van der Waals surface area contributed by atoms with Gasteiger partial charge in [-0.3, -0.25) is 19.4 Å². The number of fused-ring (bicyclic) bond motifs is 2. The van der Waals surface area contributed by atoms with Gasteiger partial charge in [-0.25, -0.2) is 28.0 Å². The molecule has 440 valence electrons. The van der Waals surface area contributed by atoms with E-state index >= 15 is 8.78 Å². The Balaban J connectivity index is 1.19. The number of carboxylic acid groups (broad SMARTS) is 1. The van der Waals surface area contributed by atoms with E-state index in [1.807, 2.05) is 24.4 Å². The third-order valence-corrected chi connectivity index (χ3v) is 15.2. The fourth-order valence-electron chi connectivity index (χ4n) is 10.1. The van der Waals surface area contributed by atoms with Crippen LogP contribution in [0.1, 0.15) is 75.0 Å². The fourth-order valence-corrected chi connectivity index (χ4v) is 10.1. The van der Waals surface area contributed by atoms with Crippen LogP contribution in [0.2, 0.25) is 0 Å². The molecule has 3 aliphatic rings. The van der Waals surface area contributed by atoms with Crippen molar-refractivity contribution >= 4 is 29.7 Å². The van der Waals surface area contributed by atoms with Gasteiger partial charge in [0.2, 0.25) is 5.91 Å². The van der Waals surface area contributed by atoms with Crippen LogP contribution >= 0.6 is 0 Å². The van der Waals surface area contributed by atoms with Crippen molar-refractivity contribution in [2.75, 3.05) is 51.4 Å². The molecule has 6 atom stereocenters. The van der Waals surface area contributed by atoms with E-state index in [1.165, 1.54) is 17.4 Å². The molecule has 0 saturated carbocycles. The number of aryl methyl sites for hydroxylation is 1. The maximum absolute atomic E-state index is 16.0. The first-order chi connectivity index (χ1) is 37.9. The van der Waals surface area contributed by atoms with Crippen LogP contribution in [0.15, 0.2) is 60.9 Å². The molecular formula is C54H61F10N9O8. The number of ketones is 1. The number of pyridine rings is 1. The largest absolute Gasteiger partial charge is 0.465 e. The van der Waals surface area contributed by atoms with Gasteiger partial charge in [0.25, 0.3) is 0 Å². The molecule has 5 N–H and O–H groups in total. The summed E-state index contributed by atoms with van der Waals surface area (Å²) in [6.45, 7) is 0.684. The Bertz CT molecular complexity index is 2960. The maximum Gasteiger partial charge on any atom is 0.407 e. The number of piperazine rings is 1. The molecule has 0 radical (unpaired) electrons. The molecule has 27 heteroatoms. The van der Waals surface area contributed by atoms with Crippen molar-refractivity contribution < 1.29 is 82.8 Å². The Hall–Kier alpha value is -7.02. The summed E-state index contributed by atoms with van der Waals surface area (Å²) < 4.78 is 156. The summed E-state index contributed by atoms with van der Waals surface area (Å²) >= 11 is 0. The number of amides is 3. The molecule has 0 spiro atoms. The number of carbonyl (C=O) groups is 4. The number of hydrogen-bond acceptors (Lipinski definition) is 12. The van der Waals surface area contributed by atoms with Crippen molar-refractivity contribution in [2.45, 2.75) is 122 Å². The molecule has 2 bridgehead atoms. The second kappa shape index (κ2) is 24.6. The van der Waals surface area contributed by atoms with Crippen LogP contribution in [0.3, 0.4) is 0 Å². The van der Waals surface area contributed by atoms with Crippen LogP contribution in [0.25, 0.3) is 11.1 Å². The number of methoxy groups -OCH3 is 1. The zero-order valence-electron chi connectivity index (χ0n) is 44.8. The van der Waals surface area contributed by atoms with Crippen molar-refractivity contribution in [1.29, 1.82) is 0 Å². The van der Waals surface area contributed by atoms with Gasteiger partial charge in [0.05, 0.1) is 67.8 Å². The Kier molecular flexibility index (Phi) is 18.7. The Morgan fingerprint density at radius 2 is 1.44 bits per heavy atom. The maximum atomic E-state index is 16.0. The lowest BCUT2D eigenvalue weighted by atomic mass is 9.81. The van der Waals surface area contributed by atoms with E-state index in [9.17, 15) is 64.5 Å². The molecule has 5 heterocycles. The molecule has 6 unspecified atom stereocenters. The van der Waals surface area contributed by atoms with E-state index in [2.05, 4.69) is 36.8 Å². The minimum Gasteiger partial charge on any atom is -0.465 e. The van der Waals surface area contributed by atoms with Gasteiger partial charge >= 0.3 is 31.1 Å². The number of aliphatic hydroxyl groups excluding tert-OH is 1. The second-order valence-electron chi connectivity index (χ2n) is 21.5. The van der Waals surface area contributed by atoms with Gasteiger partial charge in [-0.2, -0.15) is 40.2 Å². The van der Waals surface area contributed by atoms with Crippen molar-refractivity contribution in [2.24, 2.45) is 10.8 Å². The number of ether oxygens (including phenoxy) is 2. The van der Waals surface area contributed by atoms with E-state index in [1.54, 1.807) is 12.1 Å². The molecule has 81 heavy (non-hydrogen) atoms. The zero-order valence-corrected chi connectivity index (χ0v) is 44.8. The van der Waals surface area contributed by atoms with Crippen LogP contribution in [0.4, 0.5) is 59.3 Å². The van der Waals surface area contributed by atoms with E-state index in [0.717, 1.165) is 64.5 Å². The number of nitrogens with zero attached hydrogens (tertiary/aromatic N) is 6. The minimum absolute atomic E-state index is 0.171. The summed E-state index contributed by atoms with van der Waals surface area (Å²) in [6, 6.07) is 5.75. The summed E-state index contributed by atoms with van der Waals surface area (Å²) in [5.41, 5.74) is -5.49. The van der Waals surface area contributed by atoms with Gasteiger partial charge in [-0.05, 0) is 101 Å². The lowest BCUT2D eigenvalue weighted by molar-refractivity contribution is -0.221. The van der Waals surface area contributed by atoms with E-state index < -0.39 is 121 Å². The average Bonchev–Trinajstić information content (AvgIpc) is 4.16. The van der Waals surface area contributed by atoms with Crippen molar-refractivity contribution in [3.8, 4) is 23.0 Å². The number of benzene rings is 2. The van der Waals surface area contributed by atoms with E-state index in [0.29, 0.717) is 79.7 Å².